The maximum Gasteiger partial charge on any atom is 0.257 e. The lowest BCUT2D eigenvalue weighted by Gasteiger charge is -2.30. The number of rotatable bonds is 4. The van der Waals surface area contributed by atoms with Gasteiger partial charge in [-0.05, 0) is 62.3 Å². The van der Waals surface area contributed by atoms with Crippen LogP contribution in [0.2, 0.25) is 0 Å². The Balaban J connectivity index is 1.37. The normalized spacial score (nSPS) is 20.1. The quantitative estimate of drug-likeness (QED) is 0.867. The molecule has 1 aromatic carbocycles. The smallest absolute Gasteiger partial charge is 0.257 e. The molecule has 6 heteroatoms. The van der Waals surface area contributed by atoms with Gasteiger partial charge in [0.2, 0.25) is 5.95 Å². The van der Waals surface area contributed by atoms with Crippen molar-refractivity contribution in [1.82, 2.24) is 14.9 Å². The van der Waals surface area contributed by atoms with E-state index in [1.807, 2.05) is 4.90 Å². The van der Waals surface area contributed by atoms with Crippen LogP contribution in [0.4, 0.5) is 17.3 Å². The van der Waals surface area contributed by atoms with Crippen molar-refractivity contribution in [2.45, 2.75) is 39.0 Å². The van der Waals surface area contributed by atoms with Gasteiger partial charge in [0, 0.05) is 49.9 Å². The number of piperidine rings is 2. The van der Waals surface area contributed by atoms with Crippen LogP contribution in [0.15, 0.2) is 36.7 Å². The van der Waals surface area contributed by atoms with Crippen LogP contribution in [0, 0.1) is 5.92 Å². The fraction of sp³-hybridized carbons (Fsp3) is 0.500. The van der Waals surface area contributed by atoms with Gasteiger partial charge in [0.25, 0.3) is 5.91 Å². The fourth-order valence-electron chi connectivity index (χ4n) is 4.10. The molecule has 1 N–H and O–H groups in total. The highest BCUT2D eigenvalue weighted by Crippen LogP contribution is 2.23. The lowest BCUT2D eigenvalue weighted by atomic mass is 10.00. The Bertz CT molecular complexity index is 784. The molecule has 1 atom stereocenters. The molecule has 0 bridgehead atoms. The highest BCUT2D eigenvalue weighted by molar-refractivity contribution is 5.93. The highest BCUT2D eigenvalue weighted by atomic mass is 16.2. The monoisotopic (exact) mass is 379 g/mol. The minimum atomic E-state index is 0.0315. The molecule has 0 radical (unpaired) electrons. The topological polar surface area (TPSA) is 61.4 Å². The summed E-state index contributed by atoms with van der Waals surface area (Å²) in [5.41, 5.74) is 2.77. The summed E-state index contributed by atoms with van der Waals surface area (Å²) in [5, 5.41) is 3.22. The molecule has 0 spiro atoms. The summed E-state index contributed by atoms with van der Waals surface area (Å²) in [6, 6.07) is 8.40. The van der Waals surface area contributed by atoms with Crippen molar-refractivity contribution < 1.29 is 4.79 Å². The third-order valence-corrected chi connectivity index (χ3v) is 5.69. The van der Waals surface area contributed by atoms with Gasteiger partial charge < -0.3 is 15.1 Å². The van der Waals surface area contributed by atoms with E-state index in [1.54, 1.807) is 12.4 Å². The molecule has 3 heterocycles. The summed E-state index contributed by atoms with van der Waals surface area (Å²) in [6.45, 7) is 6.12. The second-order valence-corrected chi connectivity index (χ2v) is 8.01. The molecule has 6 nitrogen and oxygen atoms in total. The lowest BCUT2D eigenvalue weighted by Crippen LogP contribution is -2.39. The van der Waals surface area contributed by atoms with Gasteiger partial charge in [-0.25, -0.2) is 9.97 Å². The van der Waals surface area contributed by atoms with E-state index in [0.717, 1.165) is 38.3 Å². The first kappa shape index (κ1) is 18.7. The molecule has 0 aliphatic carbocycles. The van der Waals surface area contributed by atoms with Crippen molar-refractivity contribution in [3.05, 3.63) is 42.2 Å². The first-order valence-electron chi connectivity index (χ1n) is 10.4. The van der Waals surface area contributed by atoms with E-state index in [9.17, 15) is 4.79 Å². The minimum absolute atomic E-state index is 0.0315. The molecule has 2 aromatic rings. The van der Waals surface area contributed by atoms with Gasteiger partial charge in [-0.2, -0.15) is 0 Å². The molecule has 0 saturated carbocycles. The van der Waals surface area contributed by atoms with Crippen LogP contribution in [0.3, 0.4) is 0 Å². The first-order chi connectivity index (χ1) is 13.7. The van der Waals surface area contributed by atoms with E-state index in [1.165, 1.54) is 31.4 Å². The van der Waals surface area contributed by atoms with Crippen LogP contribution >= 0.6 is 0 Å². The van der Waals surface area contributed by atoms with E-state index < -0.39 is 0 Å². The number of carbonyl (C=O) groups is 1. The summed E-state index contributed by atoms with van der Waals surface area (Å²) in [4.78, 5) is 25.7. The van der Waals surface area contributed by atoms with Gasteiger partial charge in [-0.15, -0.1) is 0 Å². The van der Waals surface area contributed by atoms with Crippen LogP contribution in [0.25, 0.3) is 0 Å². The predicted octanol–water partition coefficient (Wildman–Crippen LogP) is 4.08. The van der Waals surface area contributed by atoms with Crippen molar-refractivity contribution in [3.63, 3.8) is 0 Å². The molecule has 4 rings (SSSR count). The van der Waals surface area contributed by atoms with Crippen molar-refractivity contribution in [2.75, 3.05) is 36.4 Å². The first-order valence-corrected chi connectivity index (χ1v) is 10.4. The van der Waals surface area contributed by atoms with E-state index >= 15 is 0 Å². The molecular weight excluding hydrogens is 350 g/mol. The average Bonchev–Trinajstić information content (AvgIpc) is 2.75. The van der Waals surface area contributed by atoms with Crippen LogP contribution in [-0.2, 0) is 0 Å². The fourth-order valence-corrected chi connectivity index (χ4v) is 4.10. The predicted molar refractivity (Wildman–Crippen MR) is 112 cm³/mol. The zero-order valence-corrected chi connectivity index (χ0v) is 16.6. The third kappa shape index (κ3) is 4.43. The lowest BCUT2D eigenvalue weighted by molar-refractivity contribution is 0.0682. The van der Waals surface area contributed by atoms with Crippen LogP contribution in [-0.4, -0.2) is 47.0 Å². The SMILES string of the molecule is CC1CCCN(C(=O)c2cnc(Nc3ccc(N4CCCCC4)cc3)nc2)C1. The largest absolute Gasteiger partial charge is 0.372 e. The summed E-state index contributed by atoms with van der Waals surface area (Å²) < 4.78 is 0. The molecule has 2 fully saturated rings. The van der Waals surface area contributed by atoms with Gasteiger partial charge >= 0.3 is 0 Å². The molecule has 28 heavy (non-hydrogen) atoms. The third-order valence-electron chi connectivity index (χ3n) is 5.69. The highest BCUT2D eigenvalue weighted by Gasteiger charge is 2.22. The van der Waals surface area contributed by atoms with Crippen LogP contribution in [0.1, 0.15) is 49.4 Å². The van der Waals surface area contributed by atoms with E-state index in [4.69, 9.17) is 0 Å². The van der Waals surface area contributed by atoms with Crippen molar-refractivity contribution in [3.8, 4) is 0 Å². The Hall–Kier alpha value is -2.63. The van der Waals surface area contributed by atoms with Crippen molar-refractivity contribution in [1.29, 1.82) is 0 Å². The second kappa shape index (κ2) is 8.59. The Labute approximate surface area is 167 Å². The summed E-state index contributed by atoms with van der Waals surface area (Å²) in [7, 11) is 0. The van der Waals surface area contributed by atoms with Gasteiger partial charge in [-0.3, -0.25) is 4.79 Å². The van der Waals surface area contributed by atoms with Crippen LogP contribution < -0.4 is 10.2 Å². The molecule has 1 amide bonds. The number of aromatic nitrogens is 2. The van der Waals surface area contributed by atoms with E-state index in [-0.39, 0.29) is 5.91 Å². The van der Waals surface area contributed by atoms with Crippen molar-refractivity contribution in [2.24, 2.45) is 5.92 Å². The number of likely N-dealkylation sites (tertiary alicyclic amines) is 1. The number of hydrogen-bond donors (Lipinski definition) is 1. The van der Waals surface area contributed by atoms with Crippen LogP contribution in [0.5, 0.6) is 0 Å². The number of amides is 1. The molecule has 2 saturated heterocycles. The number of carbonyl (C=O) groups excluding carboxylic acids is 1. The number of benzene rings is 1. The van der Waals surface area contributed by atoms with Gasteiger partial charge in [-0.1, -0.05) is 6.92 Å². The molecule has 2 aliphatic rings. The number of anilines is 3. The van der Waals surface area contributed by atoms with E-state index in [0.29, 0.717) is 17.4 Å². The van der Waals surface area contributed by atoms with Gasteiger partial charge in [0.1, 0.15) is 0 Å². The maximum atomic E-state index is 12.6. The van der Waals surface area contributed by atoms with Crippen molar-refractivity contribution >= 4 is 23.2 Å². The Morgan fingerprint density at radius 2 is 1.71 bits per heavy atom. The Kier molecular flexibility index (Phi) is 5.74. The van der Waals surface area contributed by atoms with Gasteiger partial charge in [0.15, 0.2) is 0 Å². The van der Waals surface area contributed by atoms with E-state index in [2.05, 4.69) is 51.4 Å². The number of nitrogens with zero attached hydrogens (tertiary/aromatic N) is 4. The molecule has 1 aromatic heterocycles. The molecule has 2 aliphatic heterocycles. The molecular formula is C22H29N5O. The summed E-state index contributed by atoms with van der Waals surface area (Å²) >= 11 is 0. The second-order valence-electron chi connectivity index (χ2n) is 8.01. The Morgan fingerprint density at radius 1 is 1.00 bits per heavy atom. The Morgan fingerprint density at radius 3 is 2.39 bits per heavy atom. The summed E-state index contributed by atoms with van der Waals surface area (Å²) in [5.74, 6) is 1.10. The van der Waals surface area contributed by atoms with Gasteiger partial charge in [0.05, 0.1) is 5.56 Å². The zero-order chi connectivity index (χ0) is 19.3. The minimum Gasteiger partial charge on any atom is -0.372 e. The molecule has 148 valence electrons. The average molecular weight is 380 g/mol. The zero-order valence-electron chi connectivity index (χ0n) is 16.6. The number of nitrogens with one attached hydrogen (secondary N) is 1. The number of hydrogen-bond acceptors (Lipinski definition) is 5. The molecule has 1 unspecified atom stereocenters. The maximum absolute atomic E-state index is 12.6. The summed E-state index contributed by atoms with van der Waals surface area (Å²) in [6.07, 6.45) is 9.39. The standard InChI is InChI=1S/C22H29N5O/c1-17-6-5-13-27(16-17)21(28)18-14-23-22(24-15-18)25-19-7-9-20(10-8-19)26-11-3-2-4-12-26/h7-10,14-15,17H,2-6,11-13,16H2,1H3,(H,23,24,25).